The van der Waals surface area contributed by atoms with Crippen LogP contribution in [0, 0.1) is 5.92 Å². The van der Waals surface area contributed by atoms with E-state index in [-0.39, 0.29) is 5.78 Å². The number of benzene rings is 1. The third-order valence-corrected chi connectivity index (χ3v) is 5.13. The molecular formula is C16H20BrNO. The van der Waals surface area contributed by atoms with Crippen molar-refractivity contribution in [3.8, 4) is 0 Å². The lowest BCUT2D eigenvalue weighted by Crippen LogP contribution is -2.43. The Labute approximate surface area is 123 Å². The number of fused-ring (bicyclic) bond motifs is 1. The Kier molecular flexibility index (Phi) is 3.66. The normalized spacial score (nSPS) is 26.3. The number of anilines is 1. The molecule has 2 nitrogen and oxygen atoms in total. The van der Waals surface area contributed by atoms with E-state index in [1.807, 2.05) is 6.07 Å². The zero-order valence-corrected chi connectivity index (χ0v) is 12.9. The molecule has 0 bridgehead atoms. The summed E-state index contributed by atoms with van der Waals surface area (Å²) in [5.41, 5.74) is 2.01. The first-order valence-corrected chi connectivity index (χ1v) is 8.03. The Morgan fingerprint density at radius 2 is 2.05 bits per heavy atom. The number of hydrogen-bond acceptors (Lipinski definition) is 2. The summed E-state index contributed by atoms with van der Waals surface area (Å²) in [5, 5.41) is 0. The molecule has 1 saturated carbocycles. The van der Waals surface area contributed by atoms with Gasteiger partial charge in [-0.25, -0.2) is 0 Å². The van der Waals surface area contributed by atoms with E-state index in [9.17, 15) is 4.79 Å². The van der Waals surface area contributed by atoms with Crippen molar-refractivity contribution in [3.63, 3.8) is 0 Å². The number of ketones is 1. The van der Waals surface area contributed by atoms with Crippen LogP contribution in [0.4, 0.5) is 5.69 Å². The van der Waals surface area contributed by atoms with Crippen LogP contribution in [-0.4, -0.2) is 18.4 Å². The Balaban J connectivity index is 1.98. The second-order valence-electron chi connectivity index (χ2n) is 5.81. The molecule has 3 rings (SSSR count). The number of halogens is 1. The summed E-state index contributed by atoms with van der Waals surface area (Å²) in [5.74, 6) is 1.01. The highest BCUT2D eigenvalue weighted by Crippen LogP contribution is 2.40. The van der Waals surface area contributed by atoms with E-state index in [2.05, 4.69) is 33.0 Å². The summed E-state index contributed by atoms with van der Waals surface area (Å²) >= 11 is 3.47. The van der Waals surface area contributed by atoms with Crippen LogP contribution in [-0.2, 0) is 0 Å². The van der Waals surface area contributed by atoms with E-state index in [4.69, 9.17) is 0 Å². The third-order valence-electron chi connectivity index (χ3n) is 4.64. The van der Waals surface area contributed by atoms with Gasteiger partial charge in [0.1, 0.15) is 0 Å². The maximum absolute atomic E-state index is 11.9. The largest absolute Gasteiger partial charge is 0.368 e. The quantitative estimate of drug-likeness (QED) is 0.751. The minimum absolute atomic E-state index is 0.163. The molecule has 1 aromatic rings. The number of nitrogens with zero attached hydrogens (tertiary/aromatic N) is 1. The van der Waals surface area contributed by atoms with Gasteiger partial charge in [0.15, 0.2) is 5.78 Å². The molecule has 1 aromatic carbocycles. The minimum Gasteiger partial charge on any atom is -0.368 e. The van der Waals surface area contributed by atoms with Crippen molar-refractivity contribution in [3.05, 3.63) is 28.2 Å². The molecule has 1 heterocycles. The van der Waals surface area contributed by atoms with Crippen molar-refractivity contribution < 1.29 is 4.79 Å². The van der Waals surface area contributed by atoms with Crippen molar-refractivity contribution in [1.82, 2.24) is 0 Å². The molecule has 0 radical (unpaired) electrons. The fraction of sp³-hybridized carbons (Fsp3) is 0.562. The van der Waals surface area contributed by atoms with Gasteiger partial charge in [-0.2, -0.15) is 0 Å². The van der Waals surface area contributed by atoms with E-state index < -0.39 is 0 Å². The Morgan fingerprint density at radius 3 is 2.84 bits per heavy atom. The standard InChI is InChI=1S/C16H20BrNO/c1-11(19)14-10-13(17)7-8-16(14)18-9-3-5-12-4-2-6-15(12)18/h7-8,10,12,15H,2-6,9H2,1H3. The van der Waals surface area contributed by atoms with Crippen molar-refractivity contribution in [2.75, 3.05) is 11.4 Å². The topological polar surface area (TPSA) is 20.3 Å². The molecule has 0 N–H and O–H groups in total. The molecule has 0 amide bonds. The smallest absolute Gasteiger partial charge is 0.161 e. The molecular weight excluding hydrogens is 302 g/mol. The van der Waals surface area contributed by atoms with Gasteiger partial charge in [0.25, 0.3) is 0 Å². The van der Waals surface area contributed by atoms with Crippen LogP contribution < -0.4 is 4.90 Å². The lowest BCUT2D eigenvalue weighted by Gasteiger charge is -2.40. The first kappa shape index (κ1) is 13.2. The van der Waals surface area contributed by atoms with Crippen LogP contribution in [0.1, 0.15) is 49.4 Å². The molecule has 2 aliphatic rings. The second kappa shape index (κ2) is 5.28. The predicted octanol–water partition coefficient (Wildman–Crippen LogP) is 4.42. The van der Waals surface area contributed by atoms with Gasteiger partial charge in [-0.05, 0) is 56.7 Å². The Hall–Kier alpha value is -0.830. The highest BCUT2D eigenvalue weighted by molar-refractivity contribution is 9.10. The van der Waals surface area contributed by atoms with Crippen molar-refractivity contribution >= 4 is 27.4 Å². The number of Topliss-reactive ketones (excluding diaryl/α,β-unsaturated/α-hetero) is 1. The van der Waals surface area contributed by atoms with Gasteiger partial charge in [0, 0.05) is 28.3 Å². The summed E-state index contributed by atoms with van der Waals surface area (Å²) in [6.07, 6.45) is 6.63. The number of carbonyl (C=O) groups excluding carboxylic acids is 1. The molecule has 2 atom stereocenters. The summed E-state index contributed by atoms with van der Waals surface area (Å²) in [6.45, 7) is 2.77. The first-order chi connectivity index (χ1) is 9.16. The predicted molar refractivity (Wildman–Crippen MR) is 81.9 cm³/mol. The maximum atomic E-state index is 11.9. The van der Waals surface area contributed by atoms with Crippen molar-refractivity contribution in [2.45, 2.75) is 45.1 Å². The summed E-state index contributed by atoms with van der Waals surface area (Å²) in [4.78, 5) is 14.4. The van der Waals surface area contributed by atoms with E-state index in [0.717, 1.165) is 28.2 Å². The van der Waals surface area contributed by atoms with Crippen LogP contribution in [0.25, 0.3) is 0 Å². The minimum atomic E-state index is 0.163. The molecule has 19 heavy (non-hydrogen) atoms. The fourth-order valence-corrected chi connectivity index (χ4v) is 4.15. The average Bonchev–Trinajstić information content (AvgIpc) is 2.86. The summed E-state index contributed by atoms with van der Waals surface area (Å²) in [6, 6.07) is 6.80. The van der Waals surface area contributed by atoms with Crippen LogP contribution in [0.5, 0.6) is 0 Å². The van der Waals surface area contributed by atoms with Gasteiger partial charge in [0.05, 0.1) is 0 Å². The summed E-state index contributed by atoms with van der Waals surface area (Å²) in [7, 11) is 0. The van der Waals surface area contributed by atoms with Gasteiger partial charge < -0.3 is 4.90 Å². The van der Waals surface area contributed by atoms with E-state index in [1.54, 1.807) is 6.92 Å². The zero-order valence-electron chi connectivity index (χ0n) is 11.4. The molecule has 3 heteroatoms. The molecule has 1 aliphatic carbocycles. The van der Waals surface area contributed by atoms with Gasteiger partial charge >= 0.3 is 0 Å². The van der Waals surface area contributed by atoms with Crippen LogP contribution in [0.2, 0.25) is 0 Å². The highest BCUT2D eigenvalue weighted by atomic mass is 79.9. The molecule has 0 aromatic heterocycles. The van der Waals surface area contributed by atoms with Gasteiger partial charge in [-0.3, -0.25) is 4.79 Å². The van der Waals surface area contributed by atoms with Gasteiger partial charge in [0.2, 0.25) is 0 Å². The number of hydrogen-bond donors (Lipinski definition) is 0. The molecule has 1 aliphatic heterocycles. The lowest BCUT2D eigenvalue weighted by molar-refractivity contribution is 0.101. The lowest BCUT2D eigenvalue weighted by atomic mass is 9.90. The highest BCUT2D eigenvalue weighted by Gasteiger charge is 2.35. The maximum Gasteiger partial charge on any atom is 0.161 e. The second-order valence-corrected chi connectivity index (χ2v) is 6.73. The van der Waals surface area contributed by atoms with Gasteiger partial charge in [-0.1, -0.05) is 22.4 Å². The Bertz CT molecular complexity index is 500. The van der Waals surface area contributed by atoms with Crippen molar-refractivity contribution in [2.24, 2.45) is 5.92 Å². The monoisotopic (exact) mass is 321 g/mol. The number of rotatable bonds is 2. The molecule has 0 spiro atoms. The van der Waals surface area contributed by atoms with E-state index in [0.29, 0.717) is 6.04 Å². The van der Waals surface area contributed by atoms with Crippen LogP contribution in [0.15, 0.2) is 22.7 Å². The number of piperidine rings is 1. The van der Waals surface area contributed by atoms with E-state index in [1.165, 1.54) is 32.1 Å². The molecule has 2 fully saturated rings. The summed E-state index contributed by atoms with van der Waals surface area (Å²) < 4.78 is 0.987. The van der Waals surface area contributed by atoms with Crippen LogP contribution in [0.3, 0.4) is 0 Å². The molecule has 102 valence electrons. The first-order valence-electron chi connectivity index (χ1n) is 7.24. The van der Waals surface area contributed by atoms with Gasteiger partial charge in [-0.15, -0.1) is 0 Å². The zero-order chi connectivity index (χ0) is 13.4. The molecule has 2 unspecified atom stereocenters. The average molecular weight is 322 g/mol. The number of carbonyl (C=O) groups is 1. The SMILES string of the molecule is CC(=O)c1cc(Br)ccc1N1CCCC2CCCC21. The Morgan fingerprint density at radius 1 is 1.26 bits per heavy atom. The van der Waals surface area contributed by atoms with Crippen molar-refractivity contribution in [1.29, 1.82) is 0 Å². The van der Waals surface area contributed by atoms with Crippen LogP contribution >= 0.6 is 15.9 Å². The van der Waals surface area contributed by atoms with E-state index >= 15 is 0 Å². The third kappa shape index (κ3) is 2.45. The fourth-order valence-electron chi connectivity index (χ4n) is 3.79. The molecule has 1 saturated heterocycles.